The fraction of sp³-hybridized carbons (Fsp3) is 0.917. The topological polar surface area (TPSA) is 75.3 Å². The number of rotatable bonds is 8. The van der Waals surface area contributed by atoms with Crippen LogP contribution in [0.2, 0.25) is 0 Å². The third-order valence-corrected chi connectivity index (χ3v) is 2.51. The first-order chi connectivity index (χ1) is 7.37. The van der Waals surface area contributed by atoms with Gasteiger partial charge in [0.2, 0.25) is 0 Å². The van der Waals surface area contributed by atoms with E-state index in [-0.39, 0.29) is 5.41 Å². The third-order valence-electron chi connectivity index (χ3n) is 2.51. The van der Waals surface area contributed by atoms with Gasteiger partial charge in [0.25, 0.3) is 0 Å². The molecule has 0 rings (SSSR count). The summed E-state index contributed by atoms with van der Waals surface area (Å²) in [5, 5.41) is 12.1. The van der Waals surface area contributed by atoms with E-state index in [2.05, 4.69) is 26.1 Å². The van der Waals surface area contributed by atoms with Crippen molar-refractivity contribution >= 4 is 5.97 Å². The van der Waals surface area contributed by atoms with Crippen LogP contribution in [0.4, 0.5) is 0 Å². The first kappa shape index (κ1) is 15.4. The van der Waals surface area contributed by atoms with E-state index in [0.717, 1.165) is 25.8 Å². The smallest absolute Gasteiger partial charge is 0.320 e. The molecule has 0 aliphatic heterocycles. The van der Waals surface area contributed by atoms with Crippen LogP contribution < -0.4 is 11.1 Å². The molecule has 0 bridgehead atoms. The molecule has 0 saturated heterocycles. The second-order valence-electron chi connectivity index (χ2n) is 5.44. The summed E-state index contributed by atoms with van der Waals surface area (Å²) in [5.74, 6) is -0.758. The highest BCUT2D eigenvalue weighted by Gasteiger charge is 2.17. The second kappa shape index (κ2) is 7.63. The third kappa shape index (κ3) is 8.68. The van der Waals surface area contributed by atoms with E-state index in [4.69, 9.17) is 10.8 Å². The number of aliphatic carboxylic acids is 1. The zero-order valence-electron chi connectivity index (χ0n) is 10.8. The van der Waals surface area contributed by atoms with E-state index in [1.54, 1.807) is 0 Å². The first-order valence-electron chi connectivity index (χ1n) is 6.03. The van der Waals surface area contributed by atoms with Crippen LogP contribution >= 0.6 is 0 Å². The number of carbonyl (C=O) groups is 1. The van der Waals surface area contributed by atoms with Crippen molar-refractivity contribution < 1.29 is 9.90 Å². The molecule has 0 unspecified atom stereocenters. The molecule has 16 heavy (non-hydrogen) atoms. The Kier molecular flexibility index (Phi) is 7.34. The minimum atomic E-state index is -0.758. The summed E-state index contributed by atoms with van der Waals surface area (Å²) in [4.78, 5) is 11.0. The van der Waals surface area contributed by atoms with Gasteiger partial charge in [-0.15, -0.1) is 0 Å². The predicted molar refractivity (Wildman–Crippen MR) is 66.4 cm³/mol. The SMILES string of the molecule is CC(C)(C)CCN[C@@H](CCCCN)C(=O)O. The van der Waals surface area contributed by atoms with Crippen molar-refractivity contribution in [3.63, 3.8) is 0 Å². The minimum Gasteiger partial charge on any atom is -0.480 e. The van der Waals surface area contributed by atoms with Crippen molar-refractivity contribution in [1.29, 1.82) is 0 Å². The first-order valence-corrected chi connectivity index (χ1v) is 6.03. The van der Waals surface area contributed by atoms with Crippen LogP contribution in [-0.2, 0) is 4.79 Å². The van der Waals surface area contributed by atoms with Crippen LogP contribution in [0.1, 0.15) is 46.5 Å². The standard InChI is InChI=1S/C12H26N2O2/c1-12(2,3)7-9-14-10(11(15)16)6-4-5-8-13/h10,14H,4-9,13H2,1-3H3,(H,15,16)/t10-/m0/s1. The average Bonchev–Trinajstić information content (AvgIpc) is 2.13. The van der Waals surface area contributed by atoms with Crippen LogP contribution in [0.15, 0.2) is 0 Å². The van der Waals surface area contributed by atoms with Gasteiger partial charge < -0.3 is 16.2 Å². The maximum atomic E-state index is 11.0. The molecular weight excluding hydrogens is 204 g/mol. The van der Waals surface area contributed by atoms with Crippen LogP contribution in [-0.4, -0.2) is 30.2 Å². The quantitative estimate of drug-likeness (QED) is 0.554. The largest absolute Gasteiger partial charge is 0.480 e. The van der Waals surface area contributed by atoms with Crippen molar-refractivity contribution in [1.82, 2.24) is 5.32 Å². The highest BCUT2D eigenvalue weighted by molar-refractivity contribution is 5.73. The number of unbranched alkanes of at least 4 members (excludes halogenated alkanes) is 1. The summed E-state index contributed by atoms with van der Waals surface area (Å²) in [6.45, 7) is 7.84. The zero-order valence-corrected chi connectivity index (χ0v) is 10.8. The molecule has 0 aromatic carbocycles. The lowest BCUT2D eigenvalue weighted by Gasteiger charge is -2.20. The van der Waals surface area contributed by atoms with Crippen molar-refractivity contribution in [3.8, 4) is 0 Å². The van der Waals surface area contributed by atoms with Gasteiger partial charge in [0.15, 0.2) is 0 Å². The maximum Gasteiger partial charge on any atom is 0.320 e. The Balaban J connectivity index is 3.81. The number of hydrogen-bond acceptors (Lipinski definition) is 3. The second-order valence-corrected chi connectivity index (χ2v) is 5.44. The van der Waals surface area contributed by atoms with Gasteiger partial charge in [0, 0.05) is 0 Å². The van der Waals surface area contributed by atoms with Gasteiger partial charge in [-0.25, -0.2) is 0 Å². The van der Waals surface area contributed by atoms with Gasteiger partial charge >= 0.3 is 5.97 Å². The molecule has 1 atom stereocenters. The predicted octanol–water partition coefficient (Wildman–Crippen LogP) is 1.59. The Bertz CT molecular complexity index is 200. The van der Waals surface area contributed by atoms with Crippen LogP contribution in [0.5, 0.6) is 0 Å². The number of carboxylic acids is 1. The number of carboxylic acid groups (broad SMARTS) is 1. The van der Waals surface area contributed by atoms with Crippen LogP contribution in [0.25, 0.3) is 0 Å². The Morgan fingerprint density at radius 1 is 1.38 bits per heavy atom. The number of nitrogens with one attached hydrogen (secondary N) is 1. The van der Waals surface area contributed by atoms with Crippen LogP contribution in [0, 0.1) is 5.41 Å². The minimum absolute atomic E-state index is 0.243. The van der Waals surface area contributed by atoms with E-state index in [1.165, 1.54) is 0 Å². The Labute approximate surface area is 98.6 Å². The van der Waals surface area contributed by atoms with Gasteiger partial charge in [0.05, 0.1) is 0 Å². The Morgan fingerprint density at radius 3 is 2.44 bits per heavy atom. The molecule has 0 spiro atoms. The monoisotopic (exact) mass is 230 g/mol. The van der Waals surface area contributed by atoms with Crippen LogP contribution in [0.3, 0.4) is 0 Å². The molecule has 0 aromatic heterocycles. The molecule has 0 aliphatic rings. The van der Waals surface area contributed by atoms with Crippen molar-refractivity contribution in [2.45, 2.75) is 52.5 Å². The van der Waals surface area contributed by atoms with E-state index < -0.39 is 12.0 Å². The molecule has 0 amide bonds. The number of nitrogens with two attached hydrogens (primary N) is 1. The van der Waals surface area contributed by atoms with E-state index >= 15 is 0 Å². The molecule has 0 aromatic rings. The molecule has 96 valence electrons. The normalized spacial score (nSPS) is 13.8. The molecule has 0 radical (unpaired) electrons. The average molecular weight is 230 g/mol. The van der Waals surface area contributed by atoms with Gasteiger partial charge in [-0.05, 0) is 37.8 Å². The van der Waals surface area contributed by atoms with Crippen molar-refractivity contribution in [3.05, 3.63) is 0 Å². The molecule has 4 heteroatoms. The van der Waals surface area contributed by atoms with E-state index in [9.17, 15) is 4.79 Å². The zero-order chi connectivity index (χ0) is 12.6. The summed E-state index contributed by atoms with van der Waals surface area (Å²) in [6.07, 6.45) is 3.41. The highest BCUT2D eigenvalue weighted by Crippen LogP contribution is 2.17. The highest BCUT2D eigenvalue weighted by atomic mass is 16.4. The van der Waals surface area contributed by atoms with Crippen molar-refractivity contribution in [2.24, 2.45) is 11.1 Å². The summed E-state index contributed by atoms with van der Waals surface area (Å²) >= 11 is 0. The maximum absolute atomic E-state index is 11.0. The van der Waals surface area contributed by atoms with Gasteiger partial charge in [-0.3, -0.25) is 4.79 Å². The van der Waals surface area contributed by atoms with Gasteiger partial charge in [0.1, 0.15) is 6.04 Å². The Morgan fingerprint density at radius 2 is 2.00 bits per heavy atom. The molecule has 0 saturated carbocycles. The fourth-order valence-electron chi connectivity index (χ4n) is 1.43. The lowest BCUT2D eigenvalue weighted by Crippen LogP contribution is -2.38. The molecule has 0 fully saturated rings. The lowest BCUT2D eigenvalue weighted by molar-refractivity contribution is -0.139. The summed E-state index contributed by atoms with van der Waals surface area (Å²) < 4.78 is 0. The molecular formula is C12H26N2O2. The molecule has 0 aliphatic carbocycles. The van der Waals surface area contributed by atoms with Crippen molar-refractivity contribution in [2.75, 3.05) is 13.1 Å². The summed E-state index contributed by atoms with van der Waals surface area (Å²) in [5.41, 5.74) is 5.62. The summed E-state index contributed by atoms with van der Waals surface area (Å²) in [6, 6.07) is -0.422. The van der Waals surface area contributed by atoms with E-state index in [0.29, 0.717) is 13.0 Å². The lowest BCUT2D eigenvalue weighted by atomic mass is 9.92. The summed E-state index contributed by atoms with van der Waals surface area (Å²) in [7, 11) is 0. The Hall–Kier alpha value is -0.610. The molecule has 4 N–H and O–H groups in total. The molecule has 0 heterocycles. The molecule has 4 nitrogen and oxygen atoms in total. The van der Waals surface area contributed by atoms with Gasteiger partial charge in [-0.1, -0.05) is 27.2 Å². The number of hydrogen-bond donors (Lipinski definition) is 3. The van der Waals surface area contributed by atoms with E-state index in [1.807, 2.05) is 0 Å². The van der Waals surface area contributed by atoms with Gasteiger partial charge in [-0.2, -0.15) is 0 Å². The fourth-order valence-corrected chi connectivity index (χ4v) is 1.43.